The SMILES string of the molecule is COc1c(Cl)cc(C2(C(=O)O)CCC2)c(C(C)C)c1OC. The summed E-state index contributed by atoms with van der Waals surface area (Å²) in [6, 6.07) is 1.74. The van der Waals surface area contributed by atoms with Gasteiger partial charge in [-0.15, -0.1) is 0 Å². The molecule has 0 amide bonds. The quantitative estimate of drug-likeness (QED) is 0.893. The third-order valence-corrected chi connectivity index (χ3v) is 4.63. The van der Waals surface area contributed by atoms with Crippen molar-refractivity contribution in [2.45, 2.75) is 44.4 Å². The van der Waals surface area contributed by atoms with Crippen molar-refractivity contribution in [1.82, 2.24) is 0 Å². The van der Waals surface area contributed by atoms with Gasteiger partial charge in [-0.2, -0.15) is 0 Å². The molecule has 0 unspecified atom stereocenters. The lowest BCUT2D eigenvalue weighted by Gasteiger charge is -2.40. The molecule has 0 saturated heterocycles. The standard InChI is InChI=1S/C16H21ClO4/c1-9(2)12-10(16(15(18)19)6-5-7-16)8-11(17)13(20-3)14(12)21-4/h8-9H,5-7H2,1-4H3,(H,18,19). The summed E-state index contributed by atoms with van der Waals surface area (Å²) in [6.07, 6.45) is 2.18. The van der Waals surface area contributed by atoms with Gasteiger partial charge in [0.1, 0.15) is 0 Å². The second kappa shape index (κ2) is 5.76. The molecule has 1 N–H and O–H groups in total. The fourth-order valence-corrected chi connectivity index (χ4v) is 3.39. The Morgan fingerprint density at radius 3 is 2.19 bits per heavy atom. The first kappa shape index (κ1) is 16.0. The van der Waals surface area contributed by atoms with Crippen LogP contribution in [-0.4, -0.2) is 25.3 Å². The Balaban J connectivity index is 2.77. The zero-order valence-corrected chi connectivity index (χ0v) is 13.6. The molecular weight excluding hydrogens is 292 g/mol. The van der Waals surface area contributed by atoms with E-state index < -0.39 is 11.4 Å². The first-order valence-electron chi connectivity index (χ1n) is 7.07. The highest BCUT2D eigenvalue weighted by molar-refractivity contribution is 6.32. The minimum absolute atomic E-state index is 0.109. The van der Waals surface area contributed by atoms with Crippen LogP contribution in [0.5, 0.6) is 11.5 Å². The van der Waals surface area contributed by atoms with Gasteiger partial charge in [-0.05, 0) is 30.4 Å². The summed E-state index contributed by atoms with van der Waals surface area (Å²) >= 11 is 6.28. The molecule has 0 spiro atoms. The van der Waals surface area contributed by atoms with Gasteiger partial charge in [0.15, 0.2) is 11.5 Å². The second-order valence-electron chi connectivity index (χ2n) is 5.78. The molecule has 21 heavy (non-hydrogen) atoms. The summed E-state index contributed by atoms with van der Waals surface area (Å²) < 4.78 is 10.8. The highest BCUT2D eigenvalue weighted by atomic mass is 35.5. The average molecular weight is 313 g/mol. The van der Waals surface area contributed by atoms with Gasteiger partial charge in [0.2, 0.25) is 0 Å². The number of halogens is 1. The van der Waals surface area contributed by atoms with E-state index in [9.17, 15) is 9.90 Å². The van der Waals surface area contributed by atoms with Crippen molar-refractivity contribution in [2.24, 2.45) is 0 Å². The molecule has 0 aromatic heterocycles. The molecule has 2 rings (SSSR count). The third kappa shape index (κ3) is 2.35. The molecule has 1 aliphatic carbocycles. The monoisotopic (exact) mass is 312 g/mol. The second-order valence-corrected chi connectivity index (χ2v) is 6.19. The number of aliphatic carboxylic acids is 1. The third-order valence-electron chi connectivity index (χ3n) is 4.35. The first-order chi connectivity index (χ1) is 9.89. The summed E-state index contributed by atoms with van der Waals surface area (Å²) in [5.41, 5.74) is 0.794. The number of hydrogen-bond donors (Lipinski definition) is 1. The Bertz CT molecular complexity index is 562. The summed E-state index contributed by atoms with van der Waals surface area (Å²) in [4.78, 5) is 11.8. The molecule has 5 heteroatoms. The van der Waals surface area contributed by atoms with Gasteiger partial charge in [-0.1, -0.05) is 31.9 Å². The predicted molar refractivity (Wildman–Crippen MR) is 81.8 cm³/mol. The van der Waals surface area contributed by atoms with Gasteiger partial charge in [0.25, 0.3) is 0 Å². The van der Waals surface area contributed by atoms with Crippen LogP contribution in [0.2, 0.25) is 5.02 Å². The van der Waals surface area contributed by atoms with Crippen LogP contribution in [0, 0.1) is 0 Å². The molecule has 0 aliphatic heterocycles. The van der Waals surface area contributed by atoms with Crippen molar-refractivity contribution >= 4 is 17.6 Å². The lowest BCUT2D eigenvalue weighted by atomic mass is 9.62. The van der Waals surface area contributed by atoms with E-state index in [-0.39, 0.29) is 5.92 Å². The van der Waals surface area contributed by atoms with Crippen molar-refractivity contribution in [3.8, 4) is 11.5 Å². The molecular formula is C16H21ClO4. The van der Waals surface area contributed by atoms with Gasteiger partial charge >= 0.3 is 5.97 Å². The number of benzene rings is 1. The Labute approximate surface area is 130 Å². The van der Waals surface area contributed by atoms with Crippen molar-refractivity contribution in [1.29, 1.82) is 0 Å². The van der Waals surface area contributed by atoms with Gasteiger partial charge < -0.3 is 14.6 Å². The number of carbonyl (C=O) groups is 1. The van der Waals surface area contributed by atoms with E-state index in [1.807, 2.05) is 13.8 Å². The maximum Gasteiger partial charge on any atom is 0.314 e. The maximum absolute atomic E-state index is 11.8. The molecule has 1 saturated carbocycles. The lowest BCUT2D eigenvalue weighted by Crippen LogP contribution is -2.43. The van der Waals surface area contributed by atoms with Crippen molar-refractivity contribution < 1.29 is 19.4 Å². The van der Waals surface area contributed by atoms with Crippen molar-refractivity contribution in [3.05, 3.63) is 22.2 Å². The van der Waals surface area contributed by atoms with E-state index in [2.05, 4.69) is 0 Å². The highest BCUT2D eigenvalue weighted by Gasteiger charge is 2.48. The number of carboxylic acid groups (broad SMARTS) is 1. The van der Waals surface area contributed by atoms with Crippen LogP contribution in [0.25, 0.3) is 0 Å². The van der Waals surface area contributed by atoms with E-state index in [1.165, 1.54) is 7.11 Å². The summed E-state index contributed by atoms with van der Waals surface area (Å²) in [7, 11) is 3.09. The predicted octanol–water partition coefficient (Wildman–Crippen LogP) is 3.99. The number of rotatable bonds is 5. The van der Waals surface area contributed by atoms with Crippen LogP contribution in [0.1, 0.15) is 50.2 Å². The van der Waals surface area contributed by atoms with Crippen LogP contribution < -0.4 is 9.47 Å². The zero-order valence-electron chi connectivity index (χ0n) is 12.8. The van der Waals surface area contributed by atoms with Gasteiger partial charge in [0, 0.05) is 5.56 Å². The Morgan fingerprint density at radius 1 is 1.29 bits per heavy atom. The fourth-order valence-electron chi connectivity index (χ4n) is 3.11. The Morgan fingerprint density at radius 2 is 1.86 bits per heavy atom. The highest BCUT2D eigenvalue weighted by Crippen LogP contribution is 2.52. The molecule has 0 radical (unpaired) electrons. The first-order valence-corrected chi connectivity index (χ1v) is 7.45. The number of ether oxygens (including phenoxy) is 2. The molecule has 1 aromatic carbocycles. The van der Waals surface area contributed by atoms with E-state index in [0.717, 1.165) is 17.5 Å². The minimum atomic E-state index is -0.844. The largest absolute Gasteiger partial charge is 0.492 e. The van der Waals surface area contributed by atoms with E-state index in [1.54, 1.807) is 13.2 Å². The maximum atomic E-state index is 11.8. The van der Waals surface area contributed by atoms with E-state index in [0.29, 0.717) is 29.4 Å². The number of methoxy groups -OCH3 is 2. The fraction of sp³-hybridized carbons (Fsp3) is 0.562. The topological polar surface area (TPSA) is 55.8 Å². The molecule has 1 fully saturated rings. The Kier molecular flexibility index (Phi) is 4.38. The average Bonchev–Trinajstić information content (AvgIpc) is 2.35. The molecule has 1 aromatic rings. The van der Waals surface area contributed by atoms with E-state index >= 15 is 0 Å². The number of carboxylic acids is 1. The van der Waals surface area contributed by atoms with Crippen LogP contribution in [0.3, 0.4) is 0 Å². The van der Waals surface area contributed by atoms with Crippen molar-refractivity contribution in [3.63, 3.8) is 0 Å². The number of hydrogen-bond acceptors (Lipinski definition) is 3. The summed E-state index contributed by atoms with van der Waals surface area (Å²) in [5, 5.41) is 10.1. The minimum Gasteiger partial charge on any atom is -0.492 e. The molecule has 1 aliphatic rings. The van der Waals surface area contributed by atoms with Crippen LogP contribution >= 0.6 is 11.6 Å². The lowest BCUT2D eigenvalue weighted by molar-refractivity contribution is -0.147. The van der Waals surface area contributed by atoms with Crippen molar-refractivity contribution in [2.75, 3.05) is 14.2 Å². The van der Waals surface area contributed by atoms with Gasteiger partial charge in [0.05, 0.1) is 24.7 Å². The normalized spacial score (nSPS) is 16.5. The van der Waals surface area contributed by atoms with Crippen LogP contribution in [0.15, 0.2) is 6.07 Å². The summed E-state index contributed by atoms with van der Waals surface area (Å²) in [5.74, 6) is 0.325. The van der Waals surface area contributed by atoms with Crippen LogP contribution in [0.4, 0.5) is 0 Å². The summed E-state index contributed by atoms with van der Waals surface area (Å²) in [6.45, 7) is 4.03. The zero-order chi connectivity index (χ0) is 15.8. The Hall–Kier alpha value is -1.42. The molecule has 0 atom stereocenters. The van der Waals surface area contributed by atoms with Gasteiger partial charge in [-0.25, -0.2) is 0 Å². The van der Waals surface area contributed by atoms with E-state index in [4.69, 9.17) is 21.1 Å². The molecule has 0 heterocycles. The van der Waals surface area contributed by atoms with Crippen LogP contribution in [-0.2, 0) is 10.2 Å². The molecule has 116 valence electrons. The molecule has 4 nitrogen and oxygen atoms in total. The molecule has 0 bridgehead atoms. The van der Waals surface area contributed by atoms with Gasteiger partial charge in [-0.3, -0.25) is 4.79 Å². The smallest absolute Gasteiger partial charge is 0.314 e.